The SMILES string of the molecule is CC(C)=CCC/C(C)=C/CN1C[C@]23C=C[C@@H](O2)[C@@H](C(=O)[O-])[C@@H]3C1=O. The molecule has 2 bridgehead atoms. The van der Waals surface area contributed by atoms with Gasteiger partial charge >= 0.3 is 0 Å². The molecule has 0 aromatic heterocycles. The van der Waals surface area contributed by atoms with Crippen LogP contribution in [0.3, 0.4) is 0 Å². The van der Waals surface area contributed by atoms with Crippen molar-refractivity contribution in [1.29, 1.82) is 0 Å². The van der Waals surface area contributed by atoms with Crippen LogP contribution >= 0.6 is 0 Å². The summed E-state index contributed by atoms with van der Waals surface area (Å²) in [6, 6.07) is 0. The van der Waals surface area contributed by atoms with Crippen LogP contribution in [0.1, 0.15) is 33.6 Å². The van der Waals surface area contributed by atoms with Crippen LogP contribution in [-0.4, -0.2) is 41.6 Å². The Kier molecular flexibility index (Phi) is 4.38. The second kappa shape index (κ2) is 6.20. The molecule has 1 amide bonds. The van der Waals surface area contributed by atoms with E-state index < -0.39 is 29.5 Å². The van der Waals surface area contributed by atoms with Crippen LogP contribution in [0.2, 0.25) is 0 Å². The van der Waals surface area contributed by atoms with Crippen molar-refractivity contribution < 1.29 is 19.4 Å². The standard InChI is InChI=1S/C19H25NO4/c1-12(2)5-4-6-13(3)8-10-20-11-19-9-7-14(24-19)15(18(22)23)16(19)17(20)21/h5,7-9,14-16H,4,6,10-11H2,1-3H3,(H,22,23)/p-1/b13-8+/t14-,15-,16-,19+/m1/s1. The van der Waals surface area contributed by atoms with Gasteiger partial charge in [-0.15, -0.1) is 0 Å². The molecule has 5 nitrogen and oxygen atoms in total. The monoisotopic (exact) mass is 330 g/mol. The molecule has 0 aromatic carbocycles. The first kappa shape index (κ1) is 17.0. The lowest BCUT2D eigenvalue weighted by Crippen LogP contribution is -2.45. The zero-order valence-corrected chi connectivity index (χ0v) is 14.5. The zero-order valence-electron chi connectivity index (χ0n) is 14.5. The highest BCUT2D eigenvalue weighted by Gasteiger charge is 2.65. The highest BCUT2D eigenvalue weighted by molar-refractivity contribution is 5.90. The second-order valence-electron chi connectivity index (χ2n) is 7.31. The molecule has 3 rings (SSSR count). The topological polar surface area (TPSA) is 69.7 Å². The van der Waals surface area contributed by atoms with Gasteiger partial charge in [-0.1, -0.05) is 35.5 Å². The number of rotatable bonds is 6. The fourth-order valence-corrected chi connectivity index (χ4v) is 3.96. The summed E-state index contributed by atoms with van der Waals surface area (Å²) in [5.41, 5.74) is 1.76. The number of likely N-dealkylation sites (tertiary alicyclic amines) is 1. The molecule has 3 heterocycles. The molecule has 3 aliphatic heterocycles. The fraction of sp³-hybridized carbons (Fsp3) is 0.579. The summed E-state index contributed by atoms with van der Waals surface area (Å²) < 4.78 is 5.83. The summed E-state index contributed by atoms with van der Waals surface area (Å²) >= 11 is 0. The van der Waals surface area contributed by atoms with Crippen LogP contribution in [0.4, 0.5) is 0 Å². The van der Waals surface area contributed by atoms with Crippen LogP contribution in [0.5, 0.6) is 0 Å². The Morgan fingerprint density at radius 1 is 1.42 bits per heavy atom. The third kappa shape index (κ3) is 2.81. The van der Waals surface area contributed by atoms with Crippen LogP contribution in [-0.2, 0) is 14.3 Å². The number of carboxylic acids is 1. The van der Waals surface area contributed by atoms with Gasteiger partial charge in [-0.2, -0.15) is 0 Å². The Hall–Kier alpha value is -1.88. The Balaban J connectivity index is 1.66. The normalized spacial score (nSPS) is 34.0. The highest BCUT2D eigenvalue weighted by atomic mass is 16.5. The largest absolute Gasteiger partial charge is 0.550 e. The van der Waals surface area contributed by atoms with Crippen molar-refractivity contribution in [3.63, 3.8) is 0 Å². The molecule has 130 valence electrons. The first-order chi connectivity index (χ1) is 11.3. The number of amides is 1. The molecular weight excluding hydrogens is 306 g/mol. The molecule has 0 N–H and O–H groups in total. The van der Waals surface area contributed by atoms with E-state index in [1.807, 2.05) is 6.08 Å². The smallest absolute Gasteiger partial charge is 0.230 e. The minimum absolute atomic E-state index is 0.135. The van der Waals surface area contributed by atoms with Gasteiger partial charge in [0.15, 0.2) is 0 Å². The number of carboxylic acid groups (broad SMARTS) is 1. The van der Waals surface area contributed by atoms with Crippen molar-refractivity contribution in [2.75, 3.05) is 13.1 Å². The maximum Gasteiger partial charge on any atom is 0.230 e. The van der Waals surface area contributed by atoms with Gasteiger partial charge in [-0.25, -0.2) is 0 Å². The van der Waals surface area contributed by atoms with Gasteiger partial charge < -0.3 is 19.5 Å². The molecule has 5 heteroatoms. The van der Waals surface area contributed by atoms with Crippen LogP contribution < -0.4 is 5.11 Å². The van der Waals surface area contributed by atoms with Gasteiger partial charge in [-0.05, 0) is 33.6 Å². The van der Waals surface area contributed by atoms with E-state index in [2.05, 4.69) is 32.9 Å². The number of hydrogen-bond donors (Lipinski definition) is 0. The number of fused-ring (bicyclic) bond motifs is 1. The lowest BCUT2D eigenvalue weighted by Gasteiger charge is -2.24. The summed E-state index contributed by atoms with van der Waals surface area (Å²) in [6.45, 7) is 7.14. The van der Waals surface area contributed by atoms with Crippen LogP contribution in [0.25, 0.3) is 0 Å². The Labute approximate surface area is 142 Å². The van der Waals surface area contributed by atoms with E-state index in [-0.39, 0.29) is 5.91 Å². The number of aliphatic carboxylic acids is 1. The molecule has 3 aliphatic rings. The van der Waals surface area contributed by atoms with Gasteiger partial charge in [0.1, 0.15) is 5.60 Å². The van der Waals surface area contributed by atoms with Gasteiger partial charge in [-0.3, -0.25) is 4.79 Å². The molecular formula is C19H24NO4-. The minimum atomic E-state index is -1.19. The maximum absolute atomic E-state index is 12.7. The minimum Gasteiger partial charge on any atom is -0.550 e. The summed E-state index contributed by atoms with van der Waals surface area (Å²) in [5, 5.41) is 11.4. The number of ether oxygens (including phenoxy) is 1. The zero-order chi connectivity index (χ0) is 17.5. The molecule has 0 radical (unpaired) electrons. The summed E-state index contributed by atoms with van der Waals surface area (Å²) in [6.07, 6.45) is 9.31. The second-order valence-corrected chi connectivity index (χ2v) is 7.31. The Morgan fingerprint density at radius 2 is 2.17 bits per heavy atom. The first-order valence-electron chi connectivity index (χ1n) is 8.50. The van der Waals surface area contributed by atoms with E-state index >= 15 is 0 Å². The molecule has 0 unspecified atom stereocenters. The van der Waals surface area contributed by atoms with E-state index in [0.29, 0.717) is 13.1 Å². The van der Waals surface area contributed by atoms with E-state index in [4.69, 9.17) is 4.74 Å². The van der Waals surface area contributed by atoms with E-state index in [1.165, 1.54) is 11.1 Å². The Morgan fingerprint density at radius 3 is 2.83 bits per heavy atom. The van der Waals surface area contributed by atoms with E-state index in [0.717, 1.165) is 12.8 Å². The van der Waals surface area contributed by atoms with Gasteiger partial charge in [0, 0.05) is 18.4 Å². The fourth-order valence-electron chi connectivity index (χ4n) is 3.96. The quantitative estimate of drug-likeness (QED) is 0.687. The van der Waals surface area contributed by atoms with Gasteiger partial charge in [0.2, 0.25) is 5.91 Å². The van der Waals surface area contributed by atoms with E-state index in [9.17, 15) is 14.7 Å². The molecule has 2 fully saturated rings. The number of nitrogens with zero attached hydrogens (tertiary/aromatic N) is 1. The van der Waals surface area contributed by atoms with E-state index in [1.54, 1.807) is 11.0 Å². The number of hydrogen-bond acceptors (Lipinski definition) is 4. The molecule has 2 saturated heterocycles. The average molecular weight is 330 g/mol. The van der Waals surface area contributed by atoms with Gasteiger partial charge in [0.25, 0.3) is 0 Å². The number of carbonyl (C=O) groups is 2. The van der Waals surface area contributed by atoms with Crippen molar-refractivity contribution in [3.05, 3.63) is 35.5 Å². The Bertz CT molecular complexity index is 644. The average Bonchev–Trinajstić information content (AvgIpc) is 3.13. The highest BCUT2D eigenvalue weighted by Crippen LogP contribution is 2.51. The summed E-state index contributed by atoms with van der Waals surface area (Å²) in [7, 11) is 0. The van der Waals surface area contributed by atoms with Crippen molar-refractivity contribution in [2.24, 2.45) is 11.8 Å². The lowest BCUT2D eigenvalue weighted by molar-refractivity contribution is -0.313. The van der Waals surface area contributed by atoms with Crippen molar-refractivity contribution in [2.45, 2.75) is 45.3 Å². The van der Waals surface area contributed by atoms with Crippen LogP contribution in [0.15, 0.2) is 35.5 Å². The molecule has 0 aliphatic carbocycles. The third-order valence-corrected chi connectivity index (χ3v) is 5.20. The maximum atomic E-state index is 12.7. The van der Waals surface area contributed by atoms with Crippen molar-refractivity contribution in [3.8, 4) is 0 Å². The molecule has 1 spiro atoms. The number of allylic oxidation sites excluding steroid dienone is 3. The summed E-state index contributed by atoms with van der Waals surface area (Å²) in [5.74, 6) is -2.84. The van der Waals surface area contributed by atoms with Crippen LogP contribution in [0, 0.1) is 11.8 Å². The predicted molar refractivity (Wildman–Crippen MR) is 87.7 cm³/mol. The molecule has 4 atom stereocenters. The third-order valence-electron chi connectivity index (χ3n) is 5.20. The number of carbonyl (C=O) groups excluding carboxylic acids is 2. The lowest BCUT2D eigenvalue weighted by atomic mass is 9.77. The molecule has 0 aromatic rings. The van der Waals surface area contributed by atoms with Crippen molar-refractivity contribution in [1.82, 2.24) is 4.90 Å². The molecule has 0 saturated carbocycles. The van der Waals surface area contributed by atoms with Gasteiger partial charge in [0.05, 0.1) is 18.6 Å². The molecule has 24 heavy (non-hydrogen) atoms. The first-order valence-corrected chi connectivity index (χ1v) is 8.50. The summed E-state index contributed by atoms with van der Waals surface area (Å²) in [4.78, 5) is 25.8. The van der Waals surface area contributed by atoms with Crippen molar-refractivity contribution >= 4 is 11.9 Å². The predicted octanol–water partition coefficient (Wildman–Crippen LogP) is 1.21.